The molecule has 3 rings (SSSR count). The number of benzene rings is 1. The first-order chi connectivity index (χ1) is 13.3. The summed E-state index contributed by atoms with van der Waals surface area (Å²) >= 11 is 3.71. The van der Waals surface area contributed by atoms with Crippen LogP contribution in [-0.4, -0.2) is 79.6 Å². The van der Waals surface area contributed by atoms with Crippen molar-refractivity contribution in [1.82, 2.24) is 9.80 Å². The maximum Gasteiger partial charge on any atom is 0.416 e. The van der Waals surface area contributed by atoms with Crippen LogP contribution < -0.4 is 15.5 Å². The molecule has 0 aliphatic carbocycles. The Bertz CT molecular complexity index is 787. The highest BCUT2D eigenvalue weighted by Crippen LogP contribution is 2.29. The van der Waals surface area contributed by atoms with Crippen molar-refractivity contribution in [2.45, 2.75) is 6.23 Å². The molecule has 2 aliphatic rings. The molecule has 28 heavy (non-hydrogen) atoms. The van der Waals surface area contributed by atoms with Crippen molar-refractivity contribution in [3.8, 4) is 0 Å². The molecule has 2 fully saturated rings. The number of carbonyl (C=O) groups excluding carboxylic acids is 3. The average molecular weight is 411 g/mol. The smallest absolute Gasteiger partial charge is 0.416 e. The van der Waals surface area contributed by atoms with Gasteiger partial charge in [0.15, 0.2) is 6.23 Å². The van der Waals surface area contributed by atoms with Gasteiger partial charge < -0.3 is 20.3 Å². The summed E-state index contributed by atoms with van der Waals surface area (Å²) in [7, 11) is 1.47. The molecule has 1 unspecified atom stereocenters. The van der Waals surface area contributed by atoms with Crippen LogP contribution in [0.3, 0.4) is 0 Å². The Hall–Kier alpha value is -2.53. The third kappa shape index (κ3) is 3.99. The molecule has 1 atom stereocenters. The van der Waals surface area contributed by atoms with Crippen LogP contribution in [0.15, 0.2) is 18.2 Å². The van der Waals surface area contributed by atoms with Gasteiger partial charge in [-0.15, -0.1) is 0 Å². The molecule has 0 aromatic heterocycles. The molecule has 0 saturated carbocycles. The second kappa shape index (κ2) is 8.23. The molecule has 2 saturated heterocycles. The summed E-state index contributed by atoms with van der Waals surface area (Å²) in [6, 6.07) is 4.49. The molecule has 0 spiro atoms. The summed E-state index contributed by atoms with van der Waals surface area (Å²) in [6.07, 6.45) is -1.44. The highest BCUT2D eigenvalue weighted by Gasteiger charge is 2.36. The fourth-order valence-electron chi connectivity index (χ4n) is 3.23. The SMILES string of the molecule is CN(C(=O)S)C1CN(c2ccc(N3CCN(C(=O)CN)CC3)c(F)c2)C(=O)O1. The van der Waals surface area contributed by atoms with Crippen LogP contribution in [0.4, 0.5) is 25.4 Å². The minimum absolute atomic E-state index is 0.0377. The monoisotopic (exact) mass is 411 g/mol. The third-order valence-corrected chi connectivity index (χ3v) is 5.24. The summed E-state index contributed by atoms with van der Waals surface area (Å²) < 4.78 is 19.9. The van der Waals surface area contributed by atoms with Crippen LogP contribution in [0.5, 0.6) is 0 Å². The standard InChI is InChI=1S/C17H22FN5O4S/c1-20(17(26)28)15-10-23(16(25)27-15)11-2-3-13(12(18)8-11)21-4-6-22(7-5-21)14(24)9-19/h2-3,8,15H,4-7,9-10,19H2,1H3,(H,26,28). The molecule has 0 radical (unpaired) electrons. The van der Waals surface area contributed by atoms with Crippen molar-refractivity contribution >= 4 is 41.2 Å². The van der Waals surface area contributed by atoms with Gasteiger partial charge in [0.05, 0.1) is 24.5 Å². The van der Waals surface area contributed by atoms with Gasteiger partial charge in [0, 0.05) is 33.2 Å². The third-order valence-electron chi connectivity index (χ3n) is 4.92. The number of rotatable bonds is 4. The average Bonchev–Trinajstić information content (AvgIpc) is 3.08. The van der Waals surface area contributed by atoms with Crippen LogP contribution in [0.2, 0.25) is 0 Å². The number of cyclic esters (lactones) is 1. The predicted molar refractivity (Wildman–Crippen MR) is 104 cm³/mol. The largest absolute Gasteiger partial charge is 0.423 e. The number of piperazine rings is 1. The topological polar surface area (TPSA) is 99.4 Å². The van der Waals surface area contributed by atoms with Crippen molar-refractivity contribution in [2.24, 2.45) is 5.73 Å². The number of amides is 3. The van der Waals surface area contributed by atoms with Crippen molar-refractivity contribution in [1.29, 1.82) is 0 Å². The second-order valence-corrected chi connectivity index (χ2v) is 6.93. The summed E-state index contributed by atoms with van der Waals surface area (Å²) in [6.45, 7) is 1.97. The number of nitrogens with two attached hydrogens (primary N) is 1. The van der Waals surface area contributed by atoms with Crippen molar-refractivity contribution in [3.05, 3.63) is 24.0 Å². The molecule has 11 heteroatoms. The highest BCUT2D eigenvalue weighted by molar-refractivity contribution is 7.96. The van der Waals surface area contributed by atoms with E-state index in [1.54, 1.807) is 17.0 Å². The number of hydrogen-bond donors (Lipinski definition) is 2. The van der Waals surface area contributed by atoms with E-state index < -0.39 is 23.4 Å². The Morgan fingerprint density at radius 3 is 2.57 bits per heavy atom. The van der Waals surface area contributed by atoms with E-state index in [0.717, 1.165) is 0 Å². The normalized spacial score (nSPS) is 19.6. The number of carbonyl (C=O) groups is 3. The Kier molecular flexibility index (Phi) is 5.94. The van der Waals surface area contributed by atoms with Crippen LogP contribution in [-0.2, 0) is 9.53 Å². The van der Waals surface area contributed by atoms with Gasteiger partial charge in [-0.3, -0.25) is 19.4 Å². The molecular weight excluding hydrogens is 389 g/mol. The Morgan fingerprint density at radius 1 is 1.32 bits per heavy atom. The van der Waals surface area contributed by atoms with Crippen molar-refractivity contribution in [2.75, 3.05) is 56.1 Å². The lowest BCUT2D eigenvalue weighted by atomic mass is 10.2. The number of ether oxygens (including phenoxy) is 1. The number of hydrogen-bond acceptors (Lipinski definition) is 6. The molecule has 2 N–H and O–H groups in total. The zero-order chi connectivity index (χ0) is 20.4. The first-order valence-corrected chi connectivity index (χ1v) is 9.22. The Labute approximate surface area is 167 Å². The molecule has 3 amide bonds. The molecule has 1 aromatic carbocycles. The zero-order valence-electron chi connectivity index (χ0n) is 15.4. The molecule has 2 aliphatic heterocycles. The van der Waals surface area contributed by atoms with E-state index in [1.165, 1.54) is 22.9 Å². The predicted octanol–water partition coefficient (Wildman–Crippen LogP) is 0.697. The van der Waals surface area contributed by atoms with Gasteiger partial charge in [-0.05, 0) is 18.2 Å². The Balaban J connectivity index is 1.69. The summed E-state index contributed by atoms with van der Waals surface area (Å²) in [5.74, 6) is -0.604. The second-order valence-electron chi connectivity index (χ2n) is 6.55. The van der Waals surface area contributed by atoms with Crippen molar-refractivity contribution < 1.29 is 23.5 Å². The van der Waals surface area contributed by atoms with Gasteiger partial charge >= 0.3 is 6.09 Å². The maximum absolute atomic E-state index is 14.7. The highest BCUT2D eigenvalue weighted by atomic mass is 32.1. The number of anilines is 2. The van der Waals surface area contributed by atoms with E-state index in [-0.39, 0.29) is 19.0 Å². The van der Waals surface area contributed by atoms with E-state index >= 15 is 0 Å². The van der Waals surface area contributed by atoms with E-state index in [2.05, 4.69) is 12.6 Å². The van der Waals surface area contributed by atoms with Gasteiger partial charge in [0.1, 0.15) is 5.82 Å². The summed E-state index contributed by atoms with van der Waals surface area (Å²) in [4.78, 5) is 41.0. The lowest BCUT2D eigenvalue weighted by Crippen LogP contribution is -2.50. The quantitative estimate of drug-likeness (QED) is 0.708. The number of nitrogens with zero attached hydrogens (tertiary/aromatic N) is 4. The fourth-order valence-corrected chi connectivity index (χ4v) is 3.36. The summed E-state index contributed by atoms with van der Waals surface area (Å²) in [5.41, 5.74) is 6.11. The van der Waals surface area contributed by atoms with Crippen LogP contribution in [0.25, 0.3) is 0 Å². The minimum Gasteiger partial charge on any atom is -0.423 e. The van der Waals surface area contributed by atoms with Crippen LogP contribution in [0.1, 0.15) is 0 Å². The first kappa shape index (κ1) is 20.2. The maximum atomic E-state index is 14.7. The Morgan fingerprint density at radius 2 is 2.00 bits per heavy atom. The van der Waals surface area contributed by atoms with Gasteiger partial charge in [0.25, 0.3) is 5.24 Å². The van der Waals surface area contributed by atoms with Crippen LogP contribution in [0, 0.1) is 5.82 Å². The van der Waals surface area contributed by atoms with E-state index in [9.17, 15) is 18.8 Å². The molecule has 9 nitrogen and oxygen atoms in total. The van der Waals surface area contributed by atoms with Gasteiger partial charge in [0.2, 0.25) is 5.91 Å². The molecule has 1 aromatic rings. The molecule has 0 bridgehead atoms. The lowest BCUT2D eigenvalue weighted by molar-refractivity contribution is -0.129. The fraction of sp³-hybridized carbons (Fsp3) is 0.471. The van der Waals surface area contributed by atoms with E-state index in [1.807, 2.05) is 4.90 Å². The van der Waals surface area contributed by atoms with E-state index in [4.69, 9.17) is 10.5 Å². The number of likely N-dealkylation sites (N-methyl/N-ethyl adjacent to an activating group) is 1. The molecule has 152 valence electrons. The number of halogens is 1. The van der Waals surface area contributed by atoms with Crippen molar-refractivity contribution in [3.63, 3.8) is 0 Å². The zero-order valence-corrected chi connectivity index (χ0v) is 16.3. The van der Waals surface area contributed by atoms with E-state index in [0.29, 0.717) is 37.6 Å². The minimum atomic E-state index is -0.784. The molecular formula is C17H22FN5O4S. The number of thiol groups is 1. The molecule has 2 heterocycles. The lowest BCUT2D eigenvalue weighted by Gasteiger charge is -2.36. The van der Waals surface area contributed by atoms with Crippen LogP contribution >= 0.6 is 12.6 Å². The van der Waals surface area contributed by atoms with Gasteiger partial charge in [-0.2, -0.15) is 0 Å². The van der Waals surface area contributed by atoms with Gasteiger partial charge in [-0.25, -0.2) is 9.18 Å². The first-order valence-electron chi connectivity index (χ1n) is 8.78. The summed E-state index contributed by atoms with van der Waals surface area (Å²) in [5, 5.41) is -0.534. The van der Waals surface area contributed by atoms with Gasteiger partial charge in [-0.1, -0.05) is 12.6 Å².